The number of nitrogens with zero attached hydrogens (tertiary/aromatic N) is 2. The van der Waals surface area contributed by atoms with Crippen molar-refractivity contribution in [3.8, 4) is 0 Å². The van der Waals surface area contributed by atoms with Gasteiger partial charge in [0.1, 0.15) is 0 Å². The summed E-state index contributed by atoms with van der Waals surface area (Å²) < 4.78 is 5.85. The number of morpholine rings is 1. The second-order valence-electron chi connectivity index (χ2n) is 7.15. The minimum atomic E-state index is -0.0683. The quantitative estimate of drug-likeness (QED) is 0.358. The number of aliphatic imine (C=N–C) groups is 1. The summed E-state index contributed by atoms with van der Waals surface area (Å²) in [7, 11) is 1.74. The molecule has 7 heteroatoms. The Labute approximate surface area is 162 Å². The molecular weight excluding hydrogens is 342 g/mol. The largest absolute Gasteiger partial charge is 0.374 e. The molecule has 1 aromatic carbocycles. The van der Waals surface area contributed by atoms with Gasteiger partial charge in [-0.05, 0) is 18.1 Å². The molecule has 1 heterocycles. The fraction of sp³-hybridized carbons (Fsp3) is 0.600. The zero-order valence-corrected chi connectivity index (χ0v) is 16.7. The van der Waals surface area contributed by atoms with Gasteiger partial charge in [-0.25, -0.2) is 0 Å². The van der Waals surface area contributed by atoms with Crippen molar-refractivity contribution in [2.75, 3.05) is 52.9 Å². The molecule has 1 aliphatic rings. The van der Waals surface area contributed by atoms with E-state index in [0.717, 1.165) is 26.2 Å². The van der Waals surface area contributed by atoms with Crippen LogP contribution >= 0.6 is 0 Å². The number of benzene rings is 1. The van der Waals surface area contributed by atoms with Gasteiger partial charge in [-0.2, -0.15) is 0 Å². The van der Waals surface area contributed by atoms with Gasteiger partial charge in [0, 0.05) is 51.9 Å². The van der Waals surface area contributed by atoms with Gasteiger partial charge in [0.2, 0.25) is 0 Å². The van der Waals surface area contributed by atoms with E-state index in [1.807, 2.05) is 18.2 Å². The third kappa shape index (κ3) is 7.97. The molecule has 0 saturated carbocycles. The monoisotopic (exact) mass is 375 g/mol. The van der Waals surface area contributed by atoms with Crippen molar-refractivity contribution in [3.05, 3.63) is 35.9 Å². The molecule has 1 unspecified atom stereocenters. The van der Waals surface area contributed by atoms with Crippen molar-refractivity contribution >= 4 is 11.9 Å². The van der Waals surface area contributed by atoms with Crippen LogP contribution in [-0.2, 0) is 4.74 Å². The van der Waals surface area contributed by atoms with Crippen LogP contribution in [0.25, 0.3) is 0 Å². The first-order chi connectivity index (χ1) is 13.1. The number of guanidine groups is 1. The van der Waals surface area contributed by atoms with E-state index >= 15 is 0 Å². The van der Waals surface area contributed by atoms with Crippen molar-refractivity contribution in [1.29, 1.82) is 0 Å². The molecule has 0 radical (unpaired) electrons. The number of hydrogen-bond donors (Lipinski definition) is 3. The first-order valence-corrected chi connectivity index (χ1v) is 9.70. The number of ether oxygens (including phenoxy) is 1. The minimum absolute atomic E-state index is 0.0683. The maximum atomic E-state index is 12.0. The van der Waals surface area contributed by atoms with Gasteiger partial charge >= 0.3 is 0 Å². The Balaban J connectivity index is 1.63. The van der Waals surface area contributed by atoms with E-state index in [-0.39, 0.29) is 12.0 Å². The lowest BCUT2D eigenvalue weighted by atomic mass is 10.2. The zero-order chi connectivity index (χ0) is 19.5. The summed E-state index contributed by atoms with van der Waals surface area (Å²) in [6.45, 7) is 10.1. The topological polar surface area (TPSA) is 78.0 Å². The van der Waals surface area contributed by atoms with E-state index in [1.54, 1.807) is 19.2 Å². The van der Waals surface area contributed by atoms with E-state index in [9.17, 15) is 4.79 Å². The van der Waals surface area contributed by atoms with Crippen LogP contribution in [0.4, 0.5) is 0 Å². The van der Waals surface area contributed by atoms with Crippen LogP contribution in [0.2, 0.25) is 0 Å². The average Bonchev–Trinajstić information content (AvgIpc) is 2.67. The van der Waals surface area contributed by atoms with E-state index in [0.29, 0.717) is 37.1 Å². The highest BCUT2D eigenvalue weighted by Gasteiger charge is 2.21. The normalized spacial score (nSPS) is 18.4. The number of nitrogens with one attached hydrogen (secondary N) is 3. The lowest BCUT2D eigenvalue weighted by Gasteiger charge is -2.34. The Hall–Kier alpha value is -2.12. The van der Waals surface area contributed by atoms with E-state index in [2.05, 4.69) is 39.7 Å². The summed E-state index contributed by atoms with van der Waals surface area (Å²) in [5.41, 5.74) is 0.667. The summed E-state index contributed by atoms with van der Waals surface area (Å²) in [5, 5.41) is 9.41. The molecule has 27 heavy (non-hydrogen) atoms. The predicted octanol–water partition coefficient (Wildman–Crippen LogP) is 0.938. The minimum Gasteiger partial charge on any atom is -0.374 e. The molecule has 0 spiro atoms. The molecule has 150 valence electrons. The van der Waals surface area contributed by atoms with Crippen molar-refractivity contribution < 1.29 is 9.53 Å². The molecule has 0 bridgehead atoms. The molecule has 7 nitrogen and oxygen atoms in total. The Morgan fingerprint density at radius 1 is 1.22 bits per heavy atom. The molecule has 2 rings (SSSR count). The van der Waals surface area contributed by atoms with E-state index in [4.69, 9.17) is 4.74 Å². The molecule has 1 atom stereocenters. The van der Waals surface area contributed by atoms with Crippen molar-refractivity contribution in [2.24, 2.45) is 10.9 Å². The van der Waals surface area contributed by atoms with Crippen molar-refractivity contribution in [2.45, 2.75) is 20.0 Å². The van der Waals surface area contributed by atoms with Crippen LogP contribution in [-0.4, -0.2) is 75.8 Å². The lowest BCUT2D eigenvalue weighted by Crippen LogP contribution is -2.50. The molecule has 1 aromatic rings. The second-order valence-corrected chi connectivity index (χ2v) is 7.15. The SMILES string of the molecule is CN=C(NCCNC(=O)c1ccccc1)NCC1CN(CC(C)C)CCO1. The Morgan fingerprint density at radius 3 is 2.67 bits per heavy atom. The summed E-state index contributed by atoms with van der Waals surface area (Å²) in [6, 6.07) is 9.21. The third-order valence-electron chi connectivity index (χ3n) is 4.31. The van der Waals surface area contributed by atoms with Crippen molar-refractivity contribution in [1.82, 2.24) is 20.9 Å². The van der Waals surface area contributed by atoms with Crippen LogP contribution < -0.4 is 16.0 Å². The van der Waals surface area contributed by atoms with Crippen LogP contribution in [0.1, 0.15) is 24.2 Å². The Bertz CT molecular complexity index is 591. The van der Waals surface area contributed by atoms with Gasteiger partial charge in [0.15, 0.2) is 5.96 Å². The summed E-state index contributed by atoms with van der Waals surface area (Å²) in [5.74, 6) is 1.31. The molecular formula is C20H33N5O2. The molecule has 1 aliphatic heterocycles. The Morgan fingerprint density at radius 2 is 1.96 bits per heavy atom. The highest BCUT2D eigenvalue weighted by atomic mass is 16.5. The lowest BCUT2D eigenvalue weighted by molar-refractivity contribution is -0.0284. The van der Waals surface area contributed by atoms with Gasteiger partial charge in [0.05, 0.1) is 12.7 Å². The van der Waals surface area contributed by atoms with Gasteiger partial charge < -0.3 is 20.7 Å². The Kier molecular flexibility index (Phi) is 9.07. The van der Waals surface area contributed by atoms with Crippen LogP contribution in [0.3, 0.4) is 0 Å². The first-order valence-electron chi connectivity index (χ1n) is 9.70. The standard InChI is InChI=1S/C20H33N5O2/c1-16(2)14-25-11-12-27-18(15-25)13-24-20(21-3)23-10-9-22-19(26)17-7-5-4-6-8-17/h4-8,16,18H,9-15H2,1-3H3,(H,22,26)(H2,21,23,24). The predicted molar refractivity (Wildman–Crippen MR) is 109 cm³/mol. The number of rotatable bonds is 8. The van der Waals surface area contributed by atoms with E-state index in [1.165, 1.54) is 0 Å². The fourth-order valence-corrected chi connectivity index (χ4v) is 3.07. The number of carbonyl (C=O) groups excluding carboxylic acids is 1. The number of amides is 1. The van der Waals surface area contributed by atoms with Crippen molar-refractivity contribution in [3.63, 3.8) is 0 Å². The maximum Gasteiger partial charge on any atom is 0.251 e. The highest BCUT2D eigenvalue weighted by molar-refractivity contribution is 5.94. The maximum absolute atomic E-state index is 12.0. The van der Waals surface area contributed by atoms with Gasteiger partial charge in [-0.1, -0.05) is 32.0 Å². The zero-order valence-electron chi connectivity index (χ0n) is 16.7. The van der Waals surface area contributed by atoms with Crippen LogP contribution in [0.15, 0.2) is 35.3 Å². The molecule has 0 aliphatic carbocycles. The summed E-state index contributed by atoms with van der Waals surface area (Å²) in [6.07, 6.45) is 0.161. The smallest absolute Gasteiger partial charge is 0.251 e. The van der Waals surface area contributed by atoms with Gasteiger partial charge in [-0.15, -0.1) is 0 Å². The summed E-state index contributed by atoms with van der Waals surface area (Å²) in [4.78, 5) is 18.7. The fourth-order valence-electron chi connectivity index (χ4n) is 3.07. The molecule has 1 saturated heterocycles. The third-order valence-corrected chi connectivity index (χ3v) is 4.31. The molecule has 0 aromatic heterocycles. The van der Waals surface area contributed by atoms with Crippen LogP contribution in [0, 0.1) is 5.92 Å². The molecule has 1 amide bonds. The molecule has 1 fully saturated rings. The van der Waals surface area contributed by atoms with Crippen LogP contribution in [0.5, 0.6) is 0 Å². The number of carbonyl (C=O) groups is 1. The first kappa shape index (κ1) is 21.2. The average molecular weight is 376 g/mol. The van der Waals surface area contributed by atoms with Gasteiger partial charge in [-0.3, -0.25) is 14.7 Å². The molecule has 3 N–H and O–H groups in total. The van der Waals surface area contributed by atoms with E-state index < -0.39 is 0 Å². The summed E-state index contributed by atoms with van der Waals surface area (Å²) >= 11 is 0. The van der Waals surface area contributed by atoms with Gasteiger partial charge in [0.25, 0.3) is 5.91 Å². The number of hydrogen-bond acceptors (Lipinski definition) is 4. The highest BCUT2D eigenvalue weighted by Crippen LogP contribution is 2.07. The second kappa shape index (κ2) is 11.6.